The van der Waals surface area contributed by atoms with Crippen LogP contribution in [0.1, 0.15) is 13.8 Å². The molecule has 0 aliphatic rings. The first-order chi connectivity index (χ1) is 28.0. The molecule has 0 radical (unpaired) electrons. The highest BCUT2D eigenvalue weighted by molar-refractivity contribution is 7.85. The molecule has 0 saturated carbocycles. The molecular formula is C37H36N10O11S. The molecule has 0 aliphatic carbocycles. The third-order valence-corrected chi connectivity index (χ3v) is 7.67. The SMILES string of the molecule is CC(=O)C(N=Nc1cccc(OCCOc2cccc(N=NC(C(C)=O)C(=O)Nc3ccc4[nH]c(=O)[nH]c4c3)c2)c1)C(=O)Nc1ccc2[nH]c(=O)[nH]c2c1.CS(=O)(=O)O. The number of ketones is 2. The van der Waals surface area contributed by atoms with E-state index >= 15 is 0 Å². The lowest BCUT2D eigenvalue weighted by atomic mass is 10.2. The van der Waals surface area contributed by atoms with Gasteiger partial charge in [-0.1, -0.05) is 12.1 Å². The highest BCUT2D eigenvalue weighted by Gasteiger charge is 2.24. The number of ether oxygens (including phenoxy) is 2. The molecule has 21 nitrogen and oxygen atoms in total. The maximum Gasteiger partial charge on any atom is 0.323 e. The maximum atomic E-state index is 12.9. The molecule has 4 aromatic carbocycles. The largest absolute Gasteiger partial charge is 0.490 e. The number of Topliss-reactive ketones (excluding diaryl/α,β-unsaturated/α-hetero) is 2. The van der Waals surface area contributed by atoms with Gasteiger partial charge in [-0.15, -0.1) is 0 Å². The Hall–Kier alpha value is -7.59. The first-order valence-corrected chi connectivity index (χ1v) is 19.1. The standard InChI is InChI=1S/C36H32N10O8.CH4O3S/c1-19(47)31(33(49)37-21-9-11-27-29(17-21)41-35(51)39-27)45-43-23-5-3-7-25(15-23)53-13-14-54-26-8-4-6-24(16-26)44-46-32(20(2)48)34(50)38-22-10-12-28-30(18-22)42-36(52)40-28;1-5(2,3)4/h3-12,15-18,31-32H,13-14H2,1-2H3,(H,37,49)(H,38,50)(H2,39,41,51)(H2,40,42,52);1H3,(H,2,3,4). The van der Waals surface area contributed by atoms with Gasteiger partial charge < -0.3 is 40.0 Å². The van der Waals surface area contributed by atoms with Gasteiger partial charge in [0.2, 0.25) is 12.1 Å². The zero-order valence-corrected chi connectivity index (χ0v) is 32.2. The van der Waals surface area contributed by atoms with Crippen molar-refractivity contribution in [1.29, 1.82) is 0 Å². The van der Waals surface area contributed by atoms with Gasteiger partial charge in [0.25, 0.3) is 21.9 Å². The minimum Gasteiger partial charge on any atom is -0.490 e. The van der Waals surface area contributed by atoms with Gasteiger partial charge in [0, 0.05) is 23.5 Å². The Kier molecular flexibility index (Phi) is 13.7. The van der Waals surface area contributed by atoms with Gasteiger partial charge in [0.05, 0.1) is 39.7 Å². The normalized spacial score (nSPS) is 12.5. The molecule has 2 heterocycles. The van der Waals surface area contributed by atoms with Gasteiger partial charge in [0.1, 0.15) is 24.7 Å². The number of hydrogen-bond acceptors (Lipinski definition) is 14. The lowest BCUT2D eigenvalue weighted by Gasteiger charge is -2.10. The van der Waals surface area contributed by atoms with Crippen molar-refractivity contribution in [1.82, 2.24) is 19.9 Å². The zero-order chi connectivity index (χ0) is 42.7. The molecule has 22 heteroatoms. The molecule has 6 aromatic rings. The summed E-state index contributed by atoms with van der Waals surface area (Å²) in [6.45, 7) is 2.73. The average Bonchev–Trinajstić information content (AvgIpc) is 3.72. The summed E-state index contributed by atoms with van der Waals surface area (Å²) in [4.78, 5) is 83.7. The average molecular weight is 829 g/mol. The highest BCUT2D eigenvalue weighted by Crippen LogP contribution is 2.24. The van der Waals surface area contributed by atoms with E-state index in [0.717, 1.165) is 0 Å². The second kappa shape index (κ2) is 19.0. The number of azo groups is 2. The predicted octanol–water partition coefficient (Wildman–Crippen LogP) is 4.35. The number of imidazole rings is 2. The van der Waals surface area contributed by atoms with E-state index in [1.54, 1.807) is 84.9 Å². The molecule has 0 spiro atoms. The van der Waals surface area contributed by atoms with Crippen molar-refractivity contribution in [2.45, 2.75) is 25.9 Å². The lowest BCUT2D eigenvalue weighted by molar-refractivity contribution is -0.127. The number of fused-ring (bicyclic) bond motifs is 2. The highest BCUT2D eigenvalue weighted by atomic mass is 32.2. The molecule has 0 aliphatic heterocycles. The molecule has 2 atom stereocenters. The molecular weight excluding hydrogens is 793 g/mol. The van der Waals surface area contributed by atoms with Crippen molar-refractivity contribution < 1.29 is 41.6 Å². The number of carbonyl (C=O) groups excluding carboxylic acids is 4. The summed E-state index contributed by atoms with van der Waals surface area (Å²) in [7, 11) is -3.67. The van der Waals surface area contributed by atoms with Crippen molar-refractivity contribution in [2.75, 3.05) is 30.1 Å². The Labute approximate surface area is 333 Å². The van der Waals surface area contributed by atoms with Crippen molar-refractivity contribution in [2.24, 2.45) is 20.5 Å². The van der Waals surface area contributed by atoms with Crippen LogP contribution in [0.15, 0.2) is 115 Å². The van der Waals surface area contributed by atoms with Gasteiger partial charge in [0.15, 0.2) is 11.6 Å². The Bertz CT molecular complexity index is 2620. The van der Waals surface area contributed by atoms with E-state index in [9.17, 15) is 37.2 Å². The van der Waals surface area contributed by atoms with Gasteiger partial charge >= 0.3 is 11.4 Å². The molecule has 306 valence electrons. The number of H-pyrrole nitrogens is 4. The van der Waals surface area contributed by atoms with Gasteiger partial charge in [-0.05, 0) is 74.5 Å². The van der Waals surface area contributed by atoms with Crippen LogP contribution in [0.3, 0.4) is 0 Å². The molecule has 59 heavy (non-hydrogen) atoms. The number of benzene rings is 4. The van der Waals surface area contributed by atoms with Gasteiger partial charge in [-0.25, -0.2) is 9.59 Å². The summed E-state index contributed by atoms with van der Waals surface area (Å²) < 4.78 is 37.4. The van der Waals surface area contributed by atoms with E-state index in [2.05, 4.69) is 51.0 Å². The monoisotopic (exact) mass is 828 g/mol. The van der Waals surface area contributed by atoms with Crippen molar-refractivity contribution in [3.8, 4) is 11.5 Å². The summed E-state index contributed by atoms with van der Waals surface area (Å²) in [5.74, 6) is -1.55. The summed E-state index contributed by atoms with van der Waals surface area (Å²) in [5, 5.41) is 21.3. The molecule has 0 saturated heterocycles. The van der Waals surface area contributed by atoms with Crippen LogP contribution >= 0.6 is 0 Å². The second-order valence-corrected chi connectivity index (χ2v) is 14.0. The number of amides is 2. The molecule has 2 unspecified atom stereocenters. The van der Waals surface area contributed by atoms with Crippen LogP contribution in [-0.4, -0.2) is 87.8 Å². The second-order valence-electron chi connectivity index (χ2n) is 12.5. The summed E-state index contributed by atoms with van der Waals surface area (Å²) >= 11 is 0. The lowest BCUT2D eigenvalue weighted by Crippen LogP contribution is -2.31. The van der Waals surface area contributed by atoms with E-state index in [0.29, 0.717) is 62.6 Å². The number of carbonyl (C=O) groups is 4. The van der Waals surface area contributed by atoms with Crippen LogP contribution in [-0.2, 0) is 29.3 Å². The fourth-order valence-electron chi connectivity index (χ4n) is 5.12. The number of aromatic amines is 4. The zero-order valence-electron chi connectivity index (χ0n) is 31.4. The number of nitrogens with one attached hydrogen (secondary N) is 6. The Morgan fingerprint density at radius 2 is 1.00 bits per heavy atom. The van der Waals surface area contributed by atoms with Gasteiger partial charge in [-0.3, -0.25) is 23.7 Å². The Balaban J connectivity index is 0.00000125. The predicted molar refractivity (Wildman–Crippen MR) is 214 cm³/mol. The first kappa shape index (κ1) is 42.6. The molecule has 7 N–H and O–H groups in total. The van der Waals surface area contributed by atoms with Crippen LogP contribution in [0.2, 0.25) is 0 Å². The third-order valence-electron chi connectivity index (χ3n) is 7.67. The number of hydrogen-bond donors (Lipinski definition) is 7. The van der Waals surface area contributed by atoms with Gasteiger partial charge in [-0.2, -0.15) is 28.9 Å². The third kappa shape index (κ3) is 13.0. The van der Waals surface area contributed by atoms with E-state index in [-0.39, 0.29) is 24.6 Å². The van der Waals surface area contributed by atoms with Crippen LogP contribution in [0.25, 0.3) is 22.1 Å². The summed E-state index contributed by atoms with van der Waals surface area (Å²) in [5.41, 5.74) is 2.75. The van der Waals surface area contributed by atoms with Crippen molar-refractivity contribution >= 4 is 78.3 Å². The number of rotatable bonds is 15. The van der Waals surface area contributed by atoms with E-state index < -0.39 is 45.6 Å². The maximum absolute atomic E-state index is 12.9. The molecule has 0 fully saturated rings. The molecule has 2 aromatic heterocycles. The van der Waals surface area contributed by atoms with Crippen LogP contribution in [0.4, 0.5) is 22.7 Å². The fourth-order valence-corrected chi connectivity index (χ4v) is 5.12. The van der Waals surface area contributed by atoms with Crippen LogP contribution in [0.5, 0.6) is 11.5 Å². The van der Waals surface area contributed by atoms with Crippen molar-refractivity contribution in [3.05, 3.63) is 106 Å². The minimum absolute atomic E-state index is 0.136. The molecule has 2 amide bonds. The van der Waals surface area contributed by atoms with E-state index in [4.69, 9.17) is 14.0 Å². The van der Waals surface area contributed by atoms with E-state index in [1.165, 1.54) is 13.8 Å². The molecule has 6 rings (SSSR count). The Morgan fingerprint density at radius 3 is 1.37 bits per heavy atom. The fraction of sp³-hybridized carbons (Fsp3) is 0.189. The molecule has 0 bridgehead atoms. The quantitative estimate of drug-likeness (QED) is 0.0330. The summed E-state index contributed by atoms with van der Waals surface area (Å²) in [6.07, 6.45) is 0.715. The number of nitrogens with zero attached hydrogens (tertiary/aromatic N) is 4. The van der Waals surface area contributed by atoms with E-state index in [1.807, 2.05) is 0 Å². The van der Waals surface area contributed by atoms with Crippen LogP contribution < -0.4 is 31.5 Å². The van der Waals surface area contributed by atoms with Crippen LogP contribution in [0, 0.1) is 0 Å². The Morgan fingerprint density at radius 1 is 0.627 bits per heavy atom. The van der Waals surface area contributed by atoms with Crippen molar-refractivity contribution in [3.63, 3.8) is 0 Å². The number of aromatic nitrogens is 4. The topological polar surface area (TPSA) is 312 Å². The minimum atomic E-state index is -3.67. The first-order valence-electron chi connectivity index (χ1n) is 17.3. The smallest absolute Gasteiger partial charge is 0.323 e. The number of anilines is 2. The summed E-state index contributed by atoms with van der Waals surface area (Å²) in [6, 6.07) is 19.8.